The minimum absolute atomic E-state index is 1.05. The van der Waals surface area contributed by atoms with Gasteiger partial charge in [0.25, 0.3) is 0 Å². The standard InChI is InChI=1S/C10H21N/c1-5-6-7-8-10(2)9-11(3)4/h2,5-9H2,1,3-4H3. The Morgan fingerprint density at radius 3 is 2.36 bits per heavy atom. The largest absolute Gasteiger partial charge is 0.305 e. The summed E-state index contributed by atoms with van der Waals surface area (Å²) in [5.74, 6) is 0. The fraction of sp³-hybridized carbons (Fsp3) is 0.800. The second-order valence-corrected chi connectivity index (χ2v) is 3.44. The summed E-state index contributed by atoms with van der Waals surface area (Å²) in [5.41, 5.74) is 1.36. The Balaban J connectivity index is 3.23. The molecule has 1 heteroatoms. The van der Waals surface area contributed by atoms with Gasteiger partial charge in [0.1, 0.15) is 0 Å². The first-order valence-electron chi connectivity index (χ1n) is 4.48. The Morgan fingerprint density at radius 1 is 1.27 bits per heavy atom. The smallest absolute Gasteiger partial charge is 0.0184 e. The normalized spacial score (nSPS) is 10.5. The maximum absolute atomic E-state index is 4.02. The van der Waals surface area contributed by atoms with E-state index < -0.39 is 0 Å². The maximum atomic E-state index is 4.02. The molecule has 0 amide bonds. The molecule has 0 atom stereocenters. The van der Waals surface area contributed by atoms with Crippen molar-refractivity contribution in [3.05, 3.63) is 12.2 Å². The molecular formula is C10H21N. The molecule has 0 N–H and O–H groups in total. The molecule has 0 rings (SSSR count). The van der Waals surface area contributed by atoms with Gasteiger partial charge in [0.05, 0.1) is 0 Å². The van der Waals surface area contributed by atoms with Gasteiger partial charge in [-0.2, -0.15) is 0 Å². The van der Waals surface area contributed by atoms with Crippen LogP contribution in [0.2, 0.25) is 0 Å². The van der Waals surface area contributed by atoms with Crippen LogP contribution in [0.3, 0.4) is 0 Å². The molecule has 0 aromatic carbocycles. The van der Waals surface area contributed by atoms with E-state index in [1.807, 2.05) is 0 Å². The highest BCUT2D eigenvalue weighted by Gasteiger charge is 1.95. The molecule has 0 bridgehead atoms. The van der Waals surface area contributed by atoms with Gasteiger partial charge in [0.2, 0.25) is 0 Å². The molecule has 0 spiro atoms. The van der Waals surface area contributed by atoms with Crippen molar-refractivity contribution in [1.29, 1.82) is 0 Å². The third kappa shape index (κ3) is 7.60. The van der Waals surface area contributed by atoms with E-state index in [-0.39, 0.29) is 0 Å². The van der Waals surface area contributed by atoms with Crippen molar-refractivity contribution in [2.75, 3.05) is 20.6 Å². The van der Waals surface area contributed by atoms with Gasteiger partial charge < -0.3 is 4.90 Å². The van der Waals surface area contributed by atoms with Crippen molar-refractivity contribution >= 4 is 0 Å². The molecule has 0 heterocycles. The molecule has 0 aliphatic carbocycles. The quantitative estimate of drug-likeness (QED) is 0.421. The van der Waals surface area contributed by atoms with E-state index in [2.05, 4.69) is 32.5 Å². The molecule has 0 saturated carbocycles. The lowest BCUT2D eigenvalue weighted by atomic mass is 10.1. The van der Waals surface area contributed by atoms with Gasteiger partial charge in [-0.15, -0.1) is 0 Å². The zero-order chi connectivity index (χ0) is 8.69. The average molecular weight is 155 g/mol. The molecule has 0 aliphatic heterocycles. The van der Waals surface area contributed by atoms with Gasteiger partial charge >= 0.3 is 0 Å². The van der Waals surface area contributed by atoms with Crippen LogP contribution in [0.4, 0.5) is 0 Å². The Hall–Kier alpha value is -0.300. The molecule has 0 unspecified atom stereocenters. The van der Waals surface area contributed by atoms with E-state index in [0.717, 1.165) is 6.54 Å². The summed E-state index contributed by atoms with van der Waals surface area (Å²) in [6, 6.07) is 0. The number of likely N-dealkylation sites (N-methyl/N-ethyl adjacent to an activating group) is 1. The van der Waals surface area contributed by atoms with Crippen molar-refractivity contribution in [3.8, 4) is 0 Å². The van der Waals surface area contributed by atoms with E-state index in [1.54, 1.807) is 0 Å². The van der Waals surface area contributed by atoms with Crippen LogP contribution in [0.1, 0.15) is 32.6 Å². The summed E-state index contributed by atoms with van der Waals surface area (Å²) < 4.78 is 0. The molecule has 0 aliphatic rings. The first kappa shape index (κ1) is 10.7. The Morgan fingerprint density at radius 2 is 1.91 bits per heavy atom. The predicted molar refractivity (Wildman–Crippen MR) is 51.8 cm³/mol. The minimum atomic E-state index is 1.05. The van der Waals surface area contributed by atoms with Crippen molar-refractivity contribution in [2.45, 2.75) is 32.6 Å². The monoisotopic (exact) mass is 155 g/mol. The fourth-order valence-corrected chi connectivity index (χ4v) is 1.15. The molecule has 0 fully saturated rings. The van der Waals surface area contributed by atoms with Gasteiger partial charge in [0, 0.05) is 6.54 Å². The summed E-state index contributed by atoms with van der Waals surface area (Å²) in [7, 11) is 4.18. The van der Waals surface area contributed by atoms with Gasteiger partial charge in [-0.3, -0.25) is 0 Å². The first-order chi connectivity index (χ1) is 5.16. The molecule has 11 heavy (non-hydrogen) atoms. The van der Waals surface area contributed by atoms with Gasteiger partial charge in [-0.05, 0) is 26.9 Å². The molecule has 0 radical (unpaired) electrons. The van der Waals surface area contributed by atoms with E-state index in [1.165, 1.54) is 31.3 Å². The van der Waals surface area contributed by atoms with Gasteiger partial charge in [0.15, 0.2) is 0 Å². The number of unbranched alkanes of at least 4 members (excludes halogenated alkanes) is 2. The van der Waals surface area contributed by atoms with Crippen LogP contribution in [0.5, 0.6) is 0 Å². The third-order valence-electron chi connectivity index (χ3n) is 1.67. The predicted octanol–water partition coefficient (Wildman–Crippen LogP) is 2.68. The lowest BCUT2D eigenvalue weighted by molar-refractivity contribution is 0.437. The number of hydrogen-bond acceptors (Lipinski definition) is 1. The van der Waals surface area contributed by atoms with Gasteiger partial charge in [-0.1, -0.05) is 31.9 Å². The van der Waals surface area contributed by atoms with Crippen LogP contribution >= 0.6 is 0 Å². The molecule has 66 valence electrons. The van der Waals surface area contributed by atoms with Crippen LogP contribution in [0, 0.1) is 0 Å². The van der Waals surface area contributed by atoms with Crippen LogP contribution in [0.15, 0.2) is 12.2 Å². The summed E-state index contributed by atoms with van der Waals surface area (Å²) in [6.07, 6.45) is 5.15. The van der Waals surface area contributed by atoms with Crippen molar-refractivity contribution in [1.82, 2.24) is 4.90 Å². The SMILES string of the molecule is C=C(CCCCC)CN(C)C. The minimum Gasteiger partial charge on any atom is -0.305 e. The van der Waals surface area contributed by atoms with E-state index in [0.29, 0.717) is 0 Å². The Labute approximate surface area is 71.1 Å². The zero-order valence-corrected chi connectivity index (χ0v) is 8.19. The molecular weight excluding hydrogens is 134 g/mol. The number of rotatable bonds is 6. The van der Waals surface area contributed by atoms with Crippen LogP contribution in [0.25, 0.3) is 0 Å². The summed E-state index contributed by atoms with van der Waals surface area (Å²) in [5, 5.41) is 0. The van der Waals surface area contributed by atoms with E-state index >= 15 is 0 Å². The van der Waals surface area contributed by atoms with E-state index in [4.69, 9.17) is 0 Å². The van der Waals surface area contributed by atoms with Crippen LogP contribution in [-0.4, -0.2) is 25.5 Å². The van der Waals surface area contributed by atoms with Crippen molar-refractivity contribution in [2.24, 2.45) is 0 Å². The molecule has 0 aromatic rings. The Kier molecular flexibility index (Phi) is 6.24. The third-order valence-corrected chi connectivity index (χ3v) is 1.67. The molecule has 1 nitrogen and oxygen atoms in total. The van der Waals surface area contributed by atoms with Crippen molar-refractivity contribution in [3.63, 3.8) is 0 Å². The number of hydrogen-bond donors (Lipinski definition) is 0. The molecule has 0 aromatic heterocycles. The second kappa shape index (κ2) is 6.41. The highest BCUT2D eigenvalue weighted by molar-refractivity contribution is 4.95. The highest BCUT2D eigenvalue weighted by Crippen LogP contribution is 2.06. The lowest BCUT2D eigenvalue weighted by Crippen LogP contribution is -2.14. The van der Waals surface area contributed by atoms with Crippen molar-refractivity contribution < 1.29 is 0 Å². The van der Waals surface area contributed by atoms with Crippen LogP contribution in [-0.2, 0) is 0 Å². The first-order valence-corrected chi connectivity index (χ1v) is 4.48. The summed E-state index contributed by atoms with van der Waals surface area (Å²) >= 11 is 0. The van der Waals surface area contributed by atoms with Gasteiger partial charge in [-0.25, -0.2) is 0 Å². The summed E-state index contributed by atoms with van der Waals surface area (Å²) in [4.78, 5) is 2.17. The van der Waals surface area contributed by atoms with Crippen LogP contribution < -0.4 is 0 Å². The molecule has 0 saturated heterocycles. The highest BCUT2D eigenvalue weighted by atomic mass is 15.0. The number of nitrogens with zero attached hydrogens (tertiary/aromatic N) is 1. The maximum Gasteiger partial charge on any atom is 0.0184 e. The Bertz CT molecular complexity index is 105. The van der Waals surface area contributed by atoms with E-state index in [9.17, 15) is 0 Å². The topological polar surface area (TPSA) is 3.24 Å². The lowest BCUT2D eigenvalue weighted by Gasteiger charge is -2.11. The fourth-order valence-electron chi connectivity index (χ4n) is 1.15. The zero-order valence-electron chi connectivity index (χ0n) is 8.19. The average Bonchev–Trinajstić information content (AvgIpc) is 1.86. The summed E-state index contributed by atoms with van der Waals surface area (Å²) in [6.45, 7) is 7.30. The second-order valence-electron chi connectivity index (χ2n) is 3.44.